The summed E-state index contributed by atoms with van der Waals surface area (Å²) in [5, 5.41) is 0.616. The van der Waals surface area contributed by atoms with E-state index in [4.69, 9.17) is 21.1 Å². The molecule has 1 aliphatic heterocycles. The summed E-state index contributed by atoms with van der Waals surface area (Å²) < 4.78 is 10.8. The van der Waals surface area contributed by atoms with Crippen molar-refractivity contribution in [3.8, 4) is 5.75 Å². The van der Waals surface area contributed by atoms with Crippen LogP contribution in [0, 0.1) is 6.92 Å². The fraction of sp³-hybridized carbons (Fsp3) is 0.0385. The molecule has 0 unspecified atom stereocenters. The Labute approximate surface area is 190 Å². The molecular weight excluding hydrogens is 426 g/mol. The van der Waals surface area contributed by atoms with Gasteiger partial charge in [-0.25, -0.2) is 14.6 Å². The largest absolute Gasteiger partial charge is 0.423 e. The second-order valence-electron chi connectivity index (χ2n) is 7.05. The fourth-order valence-corrected chi connectivity index (χ4v) is 3.08. The number of para-hydroxylation sites is 1. The Morgan fingerprint density at radius 1 is 1.00 bits per heavy atom. The Morgan fingerprint density at radius 2 is 1.72 bits per heavy atom. The fourth-order valence-electron chi connectivity index (χ4n) is 2.95. The van der Waals surface area contributed by atoms with E-state index in [-0.39, 0.29) is 11.6 Å². The number of aliphatic imine (C=N–C) groups is 1. The molecule has 5 nitrogen and oxygen atoms in total. The number of carbonyl (C=O) groups excluding carboxylic acids is 2. The van der Waals surface area contributed by atoms with Crippen molar-refractivity contribution in [2.75, 3.05) is 0 Å². The summed E-state index contributed by atoms with van der Waals surface area (Å²) in [5.74, 6) is -0.577. The molecule has 0 aliphatic carbocycles. The third-order valence-corrected chi connectivity index (χ3v) is 4.87. The number of esters is 2. The standard InChI is InChI=1S/C26H18ClNO4/c1-17-6-11-19(12-7-17)25-28-22(26(30)32-25)16-20-4-2-3-5-23(20)31-24(29)15-10-18-8-13-21(27)14-9-18/h2-16H,1H3/b15-10+,22-16-. The normalized spacial score (nSPS) is 14.5. The number of cyclic esters (lactones) is 1. The molecule has 0 bridgehead atoms. The predicted molar refractivity (Wildman–Crippen MR) is 124 cm³/mol. The van der Waals surface area contributed by atoms with E-state index >= 15 is 0 Å². The van der Waals surface area contributed by atoms with Crippen LogP contribution in [0.4, 0.5) is 0 Å². The van der Waals surface area contributed by atoms with Gasteiger partial charge in [-0.15, -0.1) is 0 Å². The topological polar surface area (TPSA) is 65.0 Å². The Kier molecular flexibility index (Phi) is 6.29. The number of ether oxygens (including phenoxy) is 2. The SMILES string of the molecule is Cc1ccc(C2=N/C(=C\c3ccccc3OC(=O)/C=C/c3ccc(Cl)cc3)C(=O)O2)cc1. The summed E-state index contributed by atoms with van der Waals surface area (Å²) in [6.45, 7) is 1.97. The molecule has 0 N–H and O–H groups in total. The van der Waals surface area contributed by atoms with Crippen LogP contribution >= 0.6 is 11.6 Å². The zero-order valence-corrected chi connectivity index (χ0v) is 17.9. The van der Waals surface area contributed by atoms with Gasteiger partial charge >= 0.3 is 11.9 Å². The number of rotatable bonds is 5. The Morgan fingerprint density at radius 3 is 2.47 bits per heavy atom. The van der Waals surface area contributed by atoms with Gasteiger partial charge in [-0.3, -0.25) is 0 Å². The van der Waals surface area contributed by atoms with Gasteiger partial charge in [-0.05, 0) is 55.0 Å². The number of hydrogen-bond donors (Lipinski definition) is 0. The van der Waals surface area contributed by atoms with Crippen molar-refractivity contribution in [2.45, 2.75) is 6.92 Å². The number of nitrogens with zero attached hydrogens (tertiary/aromatic N) is 1. The number of hydrogen-bond acceptors (Lipinski definition) is 5. The summed E-state index contributed by atoms with van der Waals surface area (Å²) in [6.07, 6.45) is 4.49. The highest BCUT2D eigenvalue weighted by atomic mass is 35.5. The molecule has 0 fully saturated rings. The zero-order valence-electron chi connectivity index (χ0n) is 17.1. The average molecular weight is 444 g/mol. The van der Waals surface area contributed by atoms with Gasteiger partial charge in [0.05, 0.1) is 0 Å². The number of benzene rings is 3. The van der Waals surface area contributed by atoms with Gasteiger partial charge < -0.3 is 9.47 Å². The lowest BCUT2D eigenvalue weighted by Gasteiger charge is -2.05. The third kappa shape index (κ3) is 5.20. The summed E-state index contributed by atoms with van der Waals surface area (Å²) in [7, 11) is 0. The van der Waals surface area contributed by atoms with Crippen molar-refractivity contribution in [3.05, 3.63) is 112 Å². The lowest BCUT2D eigenvalue weighted by atomic mass is 10.1. The second-order valence-corrected chi connectivity index (χ2v) is 7.48. The van der Waals surface area contributed by atoms with Crippen molar-refractivity contribution in [3.63, 3.8) is 0 Å². The van der Waals surface area contributed by atoms with Crippen LogP contribution in [-0.2, 0) is 14.3 Å². The first-order valence-electron chi connectivity index (χ1n) is 9.82. The van der Waals surface area contributed by atoms with Gasteiger partial charge in [0.15, 0.2) is 5.70 Å². The van der Waals surface area contributed by atoms with Crippen LogP contribution in [0.3, 0.4) is 0 Å². The third-order valence-electron chi connectivity index (χ3n) is 4.62. The molecule has 4 rings (SSSR count). The van der Waals surface area contributed by atoms with Crippen LogP contribution in [0.15, 0.2) is 89.6 Å². The summed E-state index contributed by atoms with van der Waals surface area (Å²) in [4.78, 5) is 28.9. The van der Waals surface area contributed by atoms with Gasteiger partial charge in [0.2, 0.25) is 5.90 Å². The number of aryl methyl sites for hydroxylation is 1. The van der Waals surface area contributed by atoms with Crippen LogP contribution in [0.5, 0.6) is 5.75 Å². The average Bonchev–Trinajstić information content (AvgIpc) is 3.15. The highest BCUT2D eigenvalue weighted by molar-refractivity contribution is 6.30. The van der Waals surface area contributed by atoms with E-state index in [1.54, 1.807) is 54.6 Å². The van der Waals surface area contributed by atoms with E-state index in [2.05, 4.69) is 4.99 Å². The van der Waals surface area contributed by atoms with Crippen molar-refractivity contribution in [1.29, 1.82) is 0 Å². The quantitative estimate of drug-likeness (QED) is 0.292. The van der Waals surface area contributed by atoms with Crippen molar-refractivity contribution >= 4 is 41.6 Å². The highest BCUT2D eigenvalue weighted by Crippen LogP contribution is 2.25. The van der Waals surface area contributed by atoms with E-state index in [1.165, 1.54) is 12.2 Å². The van der Waals surface area contributed by atoms with Crippen LogP contribution in [0.2, 0.25) is 5.02 Å². The number of halogens is 1. The summed E-state index contributed by atoms with van der Waals surface area (Å²) >= 11 is 5.87. The van der Waals surface area contributed by atoms with E-state index < -0.39 is 11.9 Å². The highest BCUT2D eigenvalue weighted by Gasteiger charge is 2.24. The molecule has 0 radical (unpaired) electrons. The minimum atomic E-state index is -0.565. The van der Waals surface area contributed by atoms with Gasteiger partial charge in [0, 0.05) is 22.2 Å². The lowest BCUT2D eigenvalue weighted by Crippen LogP contribution is -2.06. The Balaban J connectivity index is 1.53. The van der Waals surface area contributed by atoms with Gasteiger partial charge in [-0.1, -0.05) is 59.6 Å². The molecule has 1 heterocycles. The van der Waals surface area contributed by atoms with E-state index in [0.717, 1.165) is 11.1 Å². The van der Waals surface area contributed by atoms with Crippen molar-refractivity contribution in [1.82, 2.24) is 0 Å². The smallest absolute Gasteiger partial charge is 0.363 e. The molecule has 6 heteroatoms. The zero-order chi connectivity index (χ0) is 22.5. The van der Waals surface area contributed by atoms with Crippen molar-refractivity contribution in [2.24, 2.45) is 4.99 Å². The molecule has 0 spiro atoms. The molecule has 3 aromatic rings. The van der Waals surface area contributed by atoms with Crippen LogP contribution in [0.1, 0.15) is 22.3 Å². The van der Waals surface area contributed by atoms with Crippen LogP contribution in [0.25, 0.3) is 12.2 Å². The molecule has 0 saturated carbocycles. The Bertz CT molecular complexity index is 1260. The maximum atomic E-state index is 12.3. The van der Waals surface area contributed by atoms with Gasteiger partial charge in [-0.2, -0.15) is 0 Å². The molecule has 0 atom stereocenters. The Hall–Kier alpha value is -3.96. The predicted octanol–water partition coefficient (Wildman–Crippen LogP) is 5.61. The van der Waals surface area contributed by atoms with Gasteiger partial charge in [0.1, 0.15) is 5.75 Å². The minimum absolute atomic E-state index is 0.126. The molecule has 158 valence electrons. The monoisotopic (exact) mass is 443 g/mol. The molecule has 0 saturated heterocycles. The van der Waals surface area contributed by atoms with E-state index in [1.807, 2.05) is 31.2 Å². The maximum Gasteiger partial charge on any atom is 0.363 e. The first kappa shape index (κ1) is 21.3. The molecule has 0 amide bonds. The van der Waals surface area contributed by atoms with Crippen molar-refractivity contribution < 1.29 is 19.1 Å². The summed E-state index contributed by atoms with van der Waals surface area (Å²) in [5.41, 5.74) is 3.27. The second kappa shape index (κ2) is 9.45. The van der Waals surface area contributed by atoms with Gasteiger partial charge in [0.25, 0.3) is 0 Å². The molecule has 1 aliphatic rings. The molecule has 0 aromatic heterocycles. The minimum Gasteiger partial charge on any atom is -0.423 e. The lowest BCUT2D eigenvalue weighted by molar-refractivity contribution is -0.130. The van der Waals surface area contributed by atoms with Crippen LogP contribution < -0.4 is 4.74 Å². The molecular formula is C26H18ClNO4. The van der Waals surface area contributed by atoms with E-state index in [0.29, 0.717) is 21.9 Å². The van der Waals surface area contributed by atoms with E-state index in [9.17, 15) is 9.59 Å². The number of carbonyl (C=O) groups is 2. The maximum absolute atomic E-state index is 12.3. The molecule has 32 heavy (non-hydrogen) atoms. The molecule has 3 aromatic carbocycles. The summed E-state index contributed by atoms with van der Waals surface area (Å²) in [6, 6.07) is 21.5. The first-order chi connectivity index (χ1) is 15.5. The first-order valence-corrected chi connectivity index (χ1v) is 10.2. The van der Waals surface area contributed by atoms with Crippen LogP contribution in [-0.4, -0.2) is 17.8 Å².